The molecular weight excluding hydrogens is 214 g/mol. The quantitative estimate of drug-likeness (QED) is 0.778. The third kappa shape index (κ3) is 2.35. The highest BCUT2D eigenvalue weighted by Gasteiger charge is 2.24. The van der Waals surface area contributed by atoms with Crippen LogP contribution in [0.4, 0.5) is 8.78 Å². The SMILES string of the molecule is CCC(CC)n1nnc(CC#N)c1C(F)F. The van der Waals surface area contributed by atoms with Gasteiger partial charge in [0, 0.05) is 0 Å². The van der Waals surface area contributed by atoms with Gasteiger partial charge in [-0.25, -0.2) is 13.5 Å². The van der Waals surface area contributed by atoms with E-state index in [-0.39, 0.29) is 23.9 Å². The predicted molar refractivity (Wildman–Crippen MR) is 53.9 cm³/mol. The summed E-state index contributed by atoms with van der Waals surface area (Å²) < 4.78 is 27.0. The summed E-state index contributed by atoms with van der Waals surface area (Å²) in [7, 11) is 0. The van der Waals surface area contributed by atoms with Crippen LogP contribution in [0.3, 0.4) is 0 Å². The van der Waals surface area contributed by atoms with Crippen molar-refractivity contribution in [3.05, 3.63) is 11.4 Å². The molecule has 6 heteroatoms. The van der Waals surface area contributed by atoms with Crippen LogP contribution in [0.1, 0.15) is 50.5 Å². The molecular formula is C10H14F2N4. The first-order valence-corrected chi connectivity index (χ1v) is 5.24. The van der Waals surface area contributed by atoms with Gasteiger partial charge in [0.1, 0.15) is 11.4 Å². The van der Waals surface area contributed by atoms with Crippen molar-refractivity contribution in [1.82, 2.24) is 15.0 Å². The largest absolute Gasteiger partial charge is 0.281 e. The Morgan fingerprint density at radius 2 is 2.00 bits per heavy atom. The molecule has 0 aliphatic rings. The number of nitriles is 1. The number of nitrogens with zero attached hydrogens (tertiary/aromatic N) is 4. The molecule has 0 radical (unpaired) electrons. The monoisotopic (exact) mass is 228 g/mol. The molecule has 0 amide bonds. The van der Waals surface area contributed by atoms with Crippen LogP contribution in [-0.2, 0) is 6.42 Å². The lowest BCUT2D eigenvalue weighted by molar-refractivity contribution is 0.134. The second kappa shape index (κ2) is 5.54. The molecule has 16 heavy (non-hydrogen) atoms. The fourth-order valence-electron chi connectivity index (χ4n) is 1.66. The molecule has 0 aliphatic heterocycles. The summed E-state index contributed by atoms with van der Waals surface area (Å²) in [6, 6.07) is 1.74. The molecule has 0 aromatic carbocycles. The van der Waals surface area contributed by atoms with Gasteiger partial charge in [-0.2, -0.15) is 5.26 Å². The first-order chi connectivity index (χ1) is 7.65. The number of aromatic nitrogens is 3. The van der Waals surface area contributed by atoms with Gasteiger partial charge in [0.2, 0.25) is 0 Å². The van der Waals surface area contributed by atoms with Crippen LogP contribution in [-0.4, -0.2) is 15.0 Å². The Morgan fingerprint density at radius 3 is 2.44 bits per heavy atom. The van der Waals surface area contributed by atoms with Gasteiger partial charge in [0.05, 0.1) is 18.5 Å². The van der Waals surface area contributed by atoms with Crippen LogP contribution in [0.25, 0.3) is 0 Å². The molecule has 1 aromatic rings. The number of alkyl halides is 2. The number of halogens is 2. The molecule has 0 bridgehead atoms. The fourth-order valence-corrected chi connectivity index (χ4v) is 1.66. The van der Waals surface area contributed by atoms with E-state index >= 15 is 0 Å². The Morgan fingerprint density at radius 1 is 1.38 bits per heavy atom. The number of hydrogen-bond donors (Lipinski definition) is 0. The number of hydrogen-bond acceptors (Lipinski definition) is 3. The van der Waals surface area contributed by atoms with Crippen LogP contribution in [0, 0.1) is 11.3 Å². The number of rotatable bonds is 5. The second-order valence-electron chi connectivity index (χ2n) is 3.47. The molecule has 0 saturated carbocycles. The molecule has 0 N–H and O–H groups in total. The Hall–Kier alpha value is -1.51. The molecule has 1 rings (SSSR count). The van der Waals surface area contributed by atoms with Crippen LogP contribution < -0.4 is 0 Å². The maximum atomic E-state index is 12.9. The summed E-state index contributed by atoms with van der Waals surface area (Å²) in [6.07, 6.45) is -1.34. The molecule has 1 aromatic heterocycles. The molecule has 4 nitrogen and oxygen atoms in total. The Labute approximate surface area is 92.9 Å². The predicted octanol–water partition coefficient (Wildman–Crippen LogP) is 2.64. The first kappa shape index (κ1) is 12.6. The smallest absolute Gasteiger partial charge is 0.240 e. The summed E-state index contributed by atoms with van der Waals surface area (Å²) >= 11 is 0. The van der Waals surface area contributed by atoms with Crippen molar-refractivity contribution in [1.29, 1.82) is 5.26 Å². The van der Waals surface area contributed by atoms with E-state index in [1.807, 2.05) is 19.9 Å². The van der Waals surface area contributed by atoms with Gasteiger partial charge >= 0.3 is 0 Å². The van der Waals surface area contributed by atoms with Gasteiger partial charge in [-0.05, 0) is 12.8 Å². The minimum atomic E-state index is -2.64. The zero-order valence-electron chi connectivity index (χ0n) is 9.32. The van der Waals surface area contributed by atoms with Gasteiger partial charge in [-0.15, -0.1) is 5.10 Å². The average molecular weight is 228 g/mol. The highest BCUT2D eigenvalue weighted by atomic mass is 19.3. The second-order valence-corrected chi connectivity index (χ2v) is 3.47. The van der Waals surface area contributed by atoms with E-state index in [0.717, 1.165) is 0 Å². The third-order valence-corrected chi connectivity index (χ3v) is 2.55. The molecule has 0 saturated heterocycles. The average Bonchev–Trinajstić information content (AvgIpc) is 2.64. The van der Waals surface area contributed by atoms with Crippen LogP contribution in [0.15, 0.2) is 0 Å². The Kier molecular flexibility index (Phi) is 4.35. The summed E-state index contributed by atoms with van der Waals surface area (Å²) in [5, 5.41) is 15.9. The van der Waals surface area contributed by atoms with Gasteiger partial charge in [0.15, 0.2) is 0 Å². The molecule has 1 heterocycles. The molecule has 0 aliphatic carbocycles. The third-order valence-electron chi connectivity index (χ3n) is 2.55. The summed E-state index contributed by atoms with van der Waals surface area (Å²) in [4.78, 5) is 0. The summed E-state index contributed by atoms with van der Waals surface area (Å²) in [5.41, 5.74) is -0.125. The van der Waals surface area contributed by atoms with Crippen molar-refractivity contribution in [2.45, 2.75) is 45.6 Å². The topological polar surface area (TPSA) is 54.5 Å². The lowest BCUT2D eigenvalue weighted by atomic mass is 10.1. The zero-order chi connectivity index (χ0) is 12.1. The van der Waals surface area contributed by atoms with E-state index in [2.05, 4.69) is 10.3 Å². The van der Waals surface area contributed by atoms with Crippen molar-refractivity contribution in [2.24, 2.45) is 0 Å². The van der Waals surface area contributed by atoms with Crippen LogP contribution in [0.2, 0.25) is 0 Å². The van der Waals surface area contributed by atoms with E-state index in [1.54, 1.807) is 0 Å². The maximum Gasteiger partial charge on any atom is 0.281 e. The zero-order valence-corrected chi connectivity index (χ0v) is 9.32. The van der Waals surface area contributed by atoms with Gasteiger partial charge < -0.3 is 0 Å². The van der Waals surface area contributed by atoms with Crippen molar-refractivity contribution >= 4 is 0 Å². The maximum absolute atomic E-state index is 12.9. The van der Waals surface area contributed by atoms with Crippen molar-refractivity contribution in [3.63, 3.8) is 0 Å². The standard InChI is InChI=1S/C10H14F2N4/c1-3-7(4-2)16-9(10(11)12)8(5-6-13)14-15-16/h7,10H,3-5H2,1-2H3. The molecule has 0 atom stereocenters. The van der Waals surface area contributed by atoms with E-state index in [4.69, 9.17) is 5.26 Å². The lowest BCUT2D eigenvalue weighted by Gasteiger charge is -2.15. The van der Waals surface area contributed by atoms with Gasteiger partial charge in [-0.3, -0.25) is 0 Å². The Balaban J connectivity index is 3.14. The van der Waals surface area contributed by atoms with Crippen molar-refractivity contribution < 1.29 is 8.78 Å². The van der Waals surface area contributed by atoms with Crippen LogP contribution >= 0.6 is 0 Å². The molecule has 0 fully saturated rings. The highest BCUT2D eigenvalue weighted by molar-refractivity contribution is 5.16. The first-order valence-electron chi connectivity index (χ1n) is 5.24. The minimum Gasteiger partial charge on any atom is -0.240 e. The summed E-state index contributed by atoms with van der Waals surface area (Å²) in [5.74, 6) is 0. The van der Waals surface area contributed by atoms with Gasteiger partial charge in [0.25, 0.3) is 6.43 Å². The summed E-state index contributed by atoms with van der Waals surface area (Å²) in [6.45, 7) is 3.82. The molecule has 0 spiro atoms. The van der Waals surface area contributed by atoms with Gasteiger partial charge in [-0.1, -0.05) is 19.1 Å². The van der Waals surface area contributed by atoms with Crippen LogP contribution in [0.5, 0.6) is 0 Å². The van der Waals surface area contributed by atoms with E-state index in [0.29, 0.717) is 12.8 Å². The normalized spacial score (nSPS) is 11.1. The van der Waals surface area contributed by atoms with Crippen molar-refractivity contribution in [2.75, 3.05) is 0 Å². The Bertz CT molecular complexity index is 377. The highest BCUT2D eigenvalue weighted by Crippen LogP contribution is 2.26. The minimum absolute atomic E-state index is 0.0797. The molecule has 0 unspecified atom stereocenters. The lowest BCUT2D eigenvalue weighted by Crippen LogP contribution is -2.13. The molecule has 88 valence electrons. The van der Waals surface area contributed by atoms with E-state index in [9.17, 15) is 8.78 Å². The van der Waals surface area contributed by atoms with E-state index < -0.39 is 6.43 Å². The van der Waals surface area contributed by atoms with Crippen molar-refractivity contribution in [3.8, 4) is 6.07 Å². The fraction of sp³-hybridized carbons (Fsp3) is 0.700. The van der Waals surface area contributed by atoms with E-state index in [1.165, 1.54) is 4.68 Å².